The van der Waals surface area contributed by atoms with Crippen molar-refractivity contribution < 1.29 is 0 Å². The number of aryl methyl sites for hydroxylation is 1. The second-order valence-electron chi connectivity index (χ2n) is 5.76. The number of hydrogen-bond acceptors (Lipinski definition) is 5. The van der Waals surface area contributed by atoms with Gasteiger partial charge in [0.1, 0.15) is 0 Å². The van der Waals surface area contributed by atoms with Crippen LogP contribution in [0.3, 0.4) is 0 Å². The Morgan fingerprint density at radius 1 is 1.23 bits per heavy atom. The van der Waals surface area contributed by atoms with Gasteiger partial charge < -0.3 is 10.6 Å². The van der Waals surface area contributed by atoms with E-state index >= 15 is 0 Å². The molecule has 2 N–H and O–H groups in total. The molecule has 0 atom stereocenters. The summed E-state index contributed by atoms with van der Waals surface area (Å²) >= 11 is 0. The first-order chi connectivity index (χ1) is 10.6. The predicted octanol–water partition coefficient (Wildman–Crippen LogP) is 4.26. The molecule has 0 aliphatic rings. The van der Waals surface area contributed by atoms with Gasteiger partial charge in [0.15, 0.2) is 5.82 Å². The van der Waals surface area contributed by atoms with Crippen molar-refractivity contribution in [3.63, 3.8) is 0 Å². The van der Waals surface area contributed by atoms with E-state index in [-0.39, 0.29) is 0 Å². The zero-order valence-corrected chi connectivity index (χ0v) is 13.8. The van der Waals surface area contributed by atoms with Gasteiger partial charge in [-0.25, -0.2) is 0 Å². The smallest absolute Gasteiger partial charge is 0.249 e. The van der Waals surface area contributed by atoms with Gasteiger partial charge in [-0.05, 0) is 30.4 Å². The van der Waals surface area contributed by atoms with Gasteiger partial charge in [0.05, 0.1) is 6.20 Å². The minimum absolute atomic E-state index is 0.432. The normalized spacial score (nSPS) is 10.8. The number of nitrogens with zero attached hydrogens (tertiary/aromatic N) is 3. The van der Waals surface area contributed by atoms with E-state index in [1.54, 1.807) is 6.20 Å². The van der Waals surface area contributed by atoms with Crippen LogP contribution in [0, 0.1) is 6.92 Å². The van der Waals surface area contributed by atoms with Crippen LogP contribution in [0.25, 0.3) is 0 Å². The molecule has 0 unspecified atom stereocenters. The highest BCUT2D eigenvalue weighted by Crippen LogP contribution is 2.29. The van der Waals surface area contributed by atoms with E-state index in [9.17, 15) is 0 Å². The third-order valence-corrected chi connectivity index (χ3v) is 3.56. The molecule has 1 heterocycles. The fourth-order valence-corrected chi connectivity index (χ4v) is 2.29. The number of aromatic nitrogens is 3. The monoisotopic (exact) mass is 299 g/mol. The summed E-state index contributed by atoms with van der Waals surface area (Å²) in [7, 11) is 0. The molecule has 2 rings (SSSR count). The topological polar surface area (TPSA) is 62.7 Å². The fraction of sp³-hybridized carbons (Fsp3) is 0.471. The number of para-hydroxylation sites is 1. The lowest BCUT2D eigenvalue weighted by Gasteiger charge is -2.16. The highest BCUT2D eigenvalue weighted by molar-refractivity contribution is 5.64. The summed E-state index contributed by atoms with van der Waals surface area (Å²) in [5.41, 5.74) is 3.51. The highest BCUT2D eigenvalue weighted by atomic mass is 15.3. The Labute approximate surface area is 132 Å². The van der Waals surface area contributed by atoms with Crippen LogP contribution in [-0.2, 0) is 0 Å². The molecule has 1 aromatic carbocycles. The molecule has 118 valence electrons. The average molecular weight is 299 g/mol. The third kappa shape index (κ3) is 4.16. The molecule has 0 bridgehead atoms. The fourth-order valence-electron chi connectivity index (χ4n) is 2.29. The number of nitrogens with one attached hydrogen (secondary N) is 2. The van der Waals surface area contributed by atoms with E-state index in [0.717, 1.165) is 30.9 Å². The van der Waals surface area contributed by atoms with Crippen LogP contribution in [0.5, 0.6) is 0 Å². The number of unbranched alkanes of at least 4 members (excludes halogenated alkanes) is 1. The second-order valence-corrected chi connectivity index (χ2v) is 5.76. The van der Waals surface area contributed by atoms with E-state index in [1.807, 2.05) is 0 Å². The molecule has 22 heavy (non-hydrogen) atoms. The maximum atomic E-state index is 4.49. The van der Waals surface area contributed by atoms with E-state index < -0.39 is 0 Å². The number of hydrogen-bond donors (Lipinski definition) is 2. The molecular weight excluding hydrogens is 274 g/mol. The lowest BCUT2D eigenvalue weighted by atomic mass is 9.98. The Morgan fingerprint density at radius 2 is 2.05 bits per heavy atom. The quantitative estimate of drug-likeness (QED) is 0.748. The van der Waals surface area contributed by atoms with Gasteiger partial charge in [-0.1, -0.05) is 45.4 Å². The molecule has 0 saturated heterocycles. The SMILES string of the molecule is CCCCNc1cnnc(Nc2c(C)cccc2C(C)C)n1. The summed E-state index contributed by atoms with van der Waals surface area (Å²) in [6.45, 7) is 9.52. The summed E-state index contributed by atoms with van der Waals surface area (Å²) in [6, 6.07) is 6.31. The predicted molar refractivity (Wildman–Crippen MR) is 91.8 cm³/mol. The number of rotatable bonds is 7. The van der Waals surface area contributed by atoms with Gasteiger partial charge in [0.25, 0.3) is 0 Å². The van der Waals surface area contributed by atoms with Gasteiger partial charge in [0, 0.05) is 12.2 Å². The van der Waals surface area contributed by atoms with E-state index in [2.05, 4.69) is 71.7 Å². The van der Waals surface area contributed by atoms with Gasteiger partial charge in [0.2, 0.25) is 5.95 Å². The molecule has 0 saturated carbocycles. The third-order valence-electron chi connectivity index (χ3n) is 3.56. The van der Waals surface area contributed by atoms with Crippen LogP contribution in [-0.4, -0.2) is 21.7 Å². The molecule has 0 radical (unpaired) electrons. The molecule has 0 spiro atoms. The molecule has 0 aliphatic heterocycles. The highest BCUT2D eigenvalue weighted by Gasteiger charge is 2.11. The molecule has 0 aliphatic carbocycles. The van der Waals surface area contributed by atoms with Crippen molar-refractivity contribution in [1.82, 2.24) is 15.2 Å². The maximum absolute atomic E-state index is 4.49. The van der Waals surface area contributed by atoms with Crippen LogP contribution in [0.2, 0.25) is 0 Å². The summed E-state index contributed by atoms with van der Waals surface area (Å²) in [5, 5.41) is 14.7. The number of anilines is 3. The Bertz CT molecular complexity index is 610. The van der Waals surface area contributed by atoms with Crippen LogP contribution < -0.4 is 10.6 Å². The lowest BCUT2D eigenvalue weighted by molar-refractivity contribution is 0.827. The molecule has 0 amide bonds. The summed E-state index contributed by atoms with van der Waals surface area (Å²) in [4.78, 5) is 4.49. The van der Waals surface area contributed by atoms with Crippen molar-refractivity contribution in [3.05, 3.63) is 35.5 Å². The zero-order valence-electron chi connectivity index (χ0n) is 13.8. The van der Waals surface area contributed by atoms with Gasteiger partial charge in [-0.3, -0.25) is 0 Å². The van der Waals surface area contributed by atoms with Crippen molar-refractivity contribution in [1.29, 1.82) is 0 Å². The molecule has 2 aromatic rings. The Hall–Kier alpha value is -2.17. The molecule has 1 aromatic heterocycles. The largest absolute Gasteiger partial charge is 0.369 e. The van der Waals surface area contributed by atoms with E-state index in [0.29, 0.717) is 11.9 Å². The van der Waals surface area contributed by atoms with Crippen molar-refractivity contribution in [3.8, 4) is 0 Å². The first-order valence-electron chi connectivity index (χ1n) is 7.92. The Balaban J connectivity index is 2.19. The molecule has 0 fully saturated rings. The molecular formula is C17H25N5. The second kappa shape index (κ2) is 7.73. The minimum atomic E-state index is 0.432. The van der Waals surface area contributed by atoms with E-state index in [4.69, 9.17) is 0 Å². The Kier molecular flexibility index (Phi) is 5.69. The average Bonchev–Trinajstić information content (AvgIpc) is 2.50. The Morgan fingerprint density at radius 3 is 2.77 bits per heavy atom. The van der Waals surface area contributed by atoms with Gasteiger partial charge >= 0.3 is 0 Å². The van der Waals surface area contributed by atoms with Crippen molar-refractivity contribution in [2.45, 2.75) is 46.5 Å². The summed E-state index contributed by atoms with van der Waals surface area (Å²) in [6.07, 6.45) is 3.92. The van der Waals surface area contributed by atoms with Crippen LogP contribution in [0.15, 0.2) is 24.4 Å². The first kappa shape index (κ1) is 16.2. The van der Waals surface area contributed by atoms with Crippen LogP contribution >= 0.6 is 0 Å². The lowest BCUT2D eigenvalue weighted by Crippen LogP contribution is -2.08. The first-order valence-corrected chi connectivity index (χ1v) is 7.92. The van der Waals surface area contributed by atoms with Crippen molar-refractivity contribution >= 4 is 17.5 Å². The maximum Gasteiger partial charge on any atom is 0.249 e. The van der Waals surface area contributed by atoms with Gasteiger partial charge in [-0.15, -0.1) is 5.10 Å². The zero-order chi connectivity index (χ0) is 15.9. The van der Waals surface area contributed by atoms with E-state index in [1.165, 1.54) is 11.1 Å². The van der Waals surface area contributed by atoms with Crippen molar-refractivity contribution in [2.75, 3.05) is 17.2 Å². The summed E-state index contributed by atoms with van der Waals surface area (Å²) in [5.74, 6) is 1.71. The van der Waals surface area contributed by atoms with Gasteiger partial charge in [-0.2, -0.15) is 10.1 Å². The summed E-state index contributed by atoms with van der Waals surface area (Å²) < 4.78 is 0. The number of benzene rings is 1. The van der Waals surface area contributed by atoms with Crippen molar-refractivity contribution in [2.24, 2.45) is 0 Å². The molecule has 5 nitrogen and oxygen atoms in total. The van der Waals surface area contributed by atoms with Crippen LogP contribution in [0.4, 0.5) is 17.5 Å². The standard InChI is InChI=1S/C17H25N5/c1-5-6-10-18-15-11-19-22-17(20-15)21-16-13(4)8-7-9-14(16)12(2)3/h7-9,11-12H,5-6,10H2,1-4H3,(H2,18,20,21,22). The van der Waals surface area contributed by atoms with Crippen LogP contribution in [0.1, 0.15) is 50.7 Å². The minimum Gasteiger partial charge on any atom is -0.369 e. The molecule has 5 heteroatoms.